The van der Waals surface area contributed by atoms with Crippen LogP contribution in [-0.2, 0) is 14.0 Å². The molecular formula is C24H35BO4. The van der Waals surface area contributed by atoms with Crippen molar-refractivity contribution in [1.29, 1.82) is 0 Å². The quantitative estimate of drug-likeness (QED) is 0.339. The van der Waals surface area contributed by atoms with Gasteiger partial charge in [-0.05, 0) is 91.3 Å². The summed E-state index contributed by atoms with van der Waals surface area (Å²) < 4.78 is 18.3. The Morgan fingerprint density at radius 2 is 1.66 bits per heavy atom. The first-order valence-corrected chi connectivity index (χ1v) is 10.6. The van der Waals surface area contributed by atoms with E-state index >= 15 is 0 Å². The number of hydrogen-bond donors (Lipinski definition) is 0. The van der Waals surface area contributed by atoms with Gasteiger partial charge in [0.25, 0.3) is 0 Å². The van der Waals surface area contributed by atoms with E-state index in [2.05, 4.69) is 34.3 Å². The molecule has 158 valence electrons. The molecule has 2 fully saturated rings. The third-order valence-electron chi connectivity index (χ3n) is 6.59. The van der Waals surface area contributed by atoms with Gasteiger partial charge in [-0.15, -0.1) is 6.58 Å². The number of carbonyl (C=O) groups excluding carboxylic acids is 1. The molecule has 1 aromatic rings. The Kier molecular flexibility index (Phi) is 5.55. The minimum absolute atomic E-state index is 0.0489. The summed E-state index contributed by atoms with van der Waals surface area (Å²) in [4.78, 5) is 12.4. The van der Waals surface area contributed by atoms with Gasteiger partial charge in [-0.25, -0.2) is 4.79 Å². The van der Waals surface area contributed by atoms with Crippen molar-refractivity contribution in [2.45, 2.75) is 95.8 Å². The van der Waals surface area contributed by atoms with E-state index in [1.807, 2.05) is 51.1 Å². The van der Waals surface area contributed by atoms with Gasteiger partial charge in [0.1, 0.15) is 5.60 Å². The van der Waals surface area contributed by atoms with Crippen LogP contribution in [0.3, 0.4) is 0 Å². The van der Waals surface area contributed by atoms with E-state index in [9.17, 15) is 4.79 Å². The van der Waals surface area contributed by atoms with Crippen LogP contribution in [0, 0.1) is 0 Å². The Labute approximate surface area is 176 Å². The lowest BCUT2D eigenvalue weighted by molar-refractivity contribution is 0.00578. The molecule has 0 aromatic heterocycles. The summed E-state index contributed by atoms with van der Waals surface area (Å²) >= 11 is 0. The van der Waals surface area contributed by atoms with Crippen LogP contribution < -0.4 is 0 Å². The van der Waals surface area contributed by atoms with Gasteiger partial charge in [0.05, 0.1) is 16.8 Å². The van der Waals surface area contributed by atoms with Gasteiger partial charge in [0.15, 0.2) is 0 Å². The number of esters is 1. The SMILES string of the molecule is C=CCC(c1ccc(C(=O)OC(C)(C)C)cc1)C1(B2OC(C)(C)C(C)(C)O2)CC1. The number of carbonyl (C=O) groups is 1. The molecule has 2 aliphatic rings. The lowest BCUT2D eigenvalue weighted by Crippen LogP contribution is -2.41. The predicted molar refractivity (Wildman–Crippen MR) is 117 cm³/mol. The van der Waals surface area contributed by atoms with Crippen molar-refractivity contribution in [2.75, 3.05) is 0 Å². The van der Waals surface area contributed by atoms with Crippen LogP contribution in [0.5, 0.6) is 0 Å². The molecule has 1 aliphatic heterocycles. The zero-order chi connectivity index (χ0) is 21.7. The van der Waals surface area contributed by atoms with Crippen molar-refractivity contribution in [3.63, 3.8) is 0 Å². The van der Waals surface area contributed by atoms with Gasteiger partial charge in [-0.1, -0.05) is 18.2 Å². The van der Waals surface area contributed by atoms with Crippen LogP contribution in [0.4, 0.5) is 0 Å². The van der Waals surface area contributed by atoms with Crippen LogP contribution in [0.1, 0.15) is 89.6 Å². The number of allylic oxidation sites excluding steroid dienone is 1. The summed E-state index contributed by atoms with van der Waals surface area (Å²) in [5, 5.41) is -0.0489. The maximum absolute atomic E-state index is 12.4. The minimum atomic E-state index is -0.504. The molecule has 1 aliphatic carbocycles. The Morgan fingerprint density at radius 3 is 2.07 bits per heavy atom. The van der Waals surface area contributed by atoms with Gasteiger partial charge < -0.3 is 14.0 Å². The second kappa shape index (κ2) is 7.28. The molecule has 0 amide bonds. The number of rotatable bonds is 6. The van der Waals surface area contributed by atoms with Crippen molar-refractivity contribution in [3.05, 3.63) is 48.0 Å². The first kappa shape index (κ1) is 22.1. The first-order valence-electron chi connectivity index (χ1n) is 10.6. The first-order chi connectivity index (χ1) is 13.3. The lowest BCUT2D eigenvalue weighted by atomic mass is 9.58. The topological polar surface area (TPSA) is 44.8 Å². The Morgan fingerprint density at radius 1 is 1.14 bits per heavy atom. The maximum atomic E-state index is 12.4. The van der Waals surface area contributed by atoms with Crippen molar-refractivity contribution >= 4 is 13.1 Å². The van der Waals surface area contributed by atoms with E-state index in [4.69, 9.17) is 14.0 Å². The molecule has 0 radical (unpaired) electrons. The van der Waals surface area contributed by atoms with Crippen molar-refractivity contribution in [1.82, 2.24) is 0 Å². The molecule has 1 saturated carbocycles. The highest BCUT2D eigenvalue weighted by Crippen LogP contribution is 2.68. The fraction of sp³-hybridized carbons (Fsp3) is 0.625. The van der Waals surface area contributed by atoms with Crippen LogP contribution in [0.25, 0.3) is 0 Å². The molecule has 0 N–H and O–H groups in total. The molecule has 0 bridgehead atoms. The van der Waals surface area contributed by atoms with Gasteiger partial charge >= 0.3 is 13.1 Å². The van der Waals surface area contributed by atoms with Gasteiger partial charge in [0, 0.05) is 5.31 Å². The summed E-state index contributed by atoms with van der Waals surface area (Å²) in [6.45, 7) is 18.0. The van der Waals surface area contributed by atoms with Crippen LogP contribution in [0.15, 0.2) is 36.9 Å². The highest BCUT2D eigenvalue weighted by Gasteiger charge is 2.66. The highest BCUT2D eigenvalue weighted by molar-refractivity contribution is 6.51. The van der Waals surface area contributed by atoms with Crippen LogP contribution in [-0.4, -0.2) is 29.9 Å². The second-order valence-corrected chi connectivity index (χ2v) is 10.5. The molecule has 5 heteroatoms. The average Bonchev–Trinajstić information content (AvgIpc) is 3.35. The molecule has 0 spiro atoms. The van der Waals surface area contributed by atoms with Gasteiger partial charge in [0.2, 0.25) is 0 Å². The monoisotopic (exact) mass is 398 g/mol. The normalized spacial score (nSPS) is 22.8. The summed E-state index contributed by atoms with van der Waals surface area (Å²) in [7, 11) is -0.233. The highest BCUT2D eigenvalue weighted by atomic mass is 16.7. The molecule has 4 nitrogen and oxygen atoms in total. The predicted octanol–water partition coefficient (Wildman–Crippen LogP) is 5.93. The van der Waals surface area contributed by atoms with Crippen molar-refractivity contribution in [3.8, 4) is 0 Å². The molecule has 1 heterocycles. The van der Waals surface area contributed by atoms with E-state index in [0.29, 0.717) is 5.56 Å². The molecule has 1 saturated heterocycles. The van der Waals surface area contributed by atoms with Gasteiger partial charge in [-0.2, -0.15) is 0 Å². The minimum Gasteiger partial charge on any atom is -0.456 e. The lowest BCUT2D eigenvalue weighted by Gasteiger charge is -2.32. The van der Waals surface area contributed by atoms with E-state index in [0.717, 1.165) is 19.3 Å². The van der Waals surface area contributed by atoms with Gasteiger partial charge in [-0.3, -0.25) is 0 Å². The smallest absolute Gasteiger partial charge is 0.456 e. The third-order valence-corrected chi connectivity index (χ3v) is 6.59. The molecular weight excluding hydrogens is 363 g/mol. The average molecular weight is 398 g/mol. The molecule has 29 heavy (non-hydrogen) atoms. The molecule has 1 atom stereocenters. The summed E-state index contributed by atoms with van der Waals surface area (Å²) in [6.07, 6.45) is 4.94. The third kappa shape index (κ3) is 4.31. The fourth-order valence-electron chi connectivity index (χ4n) is 4.03. The standard InChI is InChI=1S/C24H35BO4/c1-9-10-19(17-11-13-18(14-12-17)20(26)27-21(2,3)4)24(15-16-24)25-28-22(5,6)23(7,8)29-25/h9,11-14,19H,1,10,15-16H2,2-8H3. The number of benzene rings is 1. The van der Waals surface area contributed by atoms with E-state index in [-0.39, 0.29) is 35.5 Å². The largest absolute Gasteiger partial charge is 0.465 e. The number of hydrogen-bond acceptors (Lipinski definition) is 4. The second-order valence-electron chi connectivity index (χ2n) is 10.5. The van der Waals surface area contributed by atoms with Crippen LogP contribution >= 0.6 is 0 Å². The fourth-order valence-corrected chi connectivity index (χ4v) is 4.03. The van der Waals surface area contributed by atoms with Crippen LogP contribution in [0.2, 0.25) is 5.31 Å². The molecule has 3 rings (SSSR count). The van der Waals surface area contributed by atoms with E-state index in [1.54, 1.807) is 0 Å². The zero-order valence-electron chi connectivity index (χ0n) is 19.0. The Balaban J connectivity index is 1.84. The molecule has 1 aromatic carbocycles. The van der Waals surface area contributed by atoms with Crippen molar-refractivity contribution < 1.29 is 18.8 Å². The summed E-state index contributed by atoms with van der Waals surface area (Å²) in [5.74, 6) is -0.0567. The maximum Gasteiger partial charge on any atom is 0.465 e. The number of ether oxygens (including phenoxy) is 1. The Bertz CT molecular complexity index is 753. The Hall–Kier alpha value is -1.59. The summed E-state index contributed by atoms with van der Waals surface area (Å²) in [5.41, 5.74) is 0.570. The van der Waals surface area contributed by atoms with Crippen molar-refractivity contribution in [2.24, 2.45) is 0 Å². The molecule has 1 unspecified atom stereocenters. The zero-order valence-corrected chi connectivity index (χ0v) is 19.0. The van der Waals surface area contributed by atoms with E-state index < -0.39 is 5.60 Å². The van der Waals surface area contributed by atoms with E-state index in [1.165, 1.54) is 5.56 Å². The summed E-state index contributed by atoms with van der Waals surface area (Å²) in [6, 6.07) is 7.80.